The molecule has 0 N–H and O–H groups in total. The van der Waals surface area contributed by atoms with Gasteiger partial charge in [0.05, 0.1) is 20.8 Å². The minimum Gasteiger partial charge on any atom is -0.492 e. The SMILES string of the molecule is C=C(C)C(=O)OCC(COC(=O)C(C)C(=O)OC)(COC(=O)C(C)C(=O)OC)COc1cc(CC)c(-c2ccc(CCCCCCC)cc2F)cc1CCCOC(=O)C(C)=O. The summed E-state index contributed by atoms with van der Waals surface area (Å²) >= 11 is 0. The molecule has 2 aromatic rings. The number of unbranched alkanes of at least 4 members (excludes halogenated alkanes) is 4. The molecule has 2 rings (SSSR count). The van der Waals surface area contributed by atoms with E-state index in [9.17, 15) is 33.6 Å². The van der Waals surface area contributed by atoms with E-state index in [1.807, 2.05) is 13.0 Å². The molecule has 0 saturated carbocycles. The lowest BCUT2D eigenvalue weighted by molar-refractivity contribution is -0.170. The molecule has 0 heterocycles. The van der Waals surface area contributed by atoms with Crippen molar-refractivity contribution >= 4 is 41.6 Å². The van der Waals surface area contributed by atoms with Gasteiger partial charge in [-0.15, -0.1) is 0 Å². The van der Waals surface area contributed by atoms with Gasteiger partial charge in [-0.3, -0.25) is 24.0 Å². The van der Waals surface area contributed by atoms with E-state index in [2.05, 4.69) is 23.0 Å². The maximum Gasteiger partial charge on any atom is 0.374 e. The number of carbonyl (C=O) groups excluding carboxylic acids is 7. The smallest absolute Gasteiger partial charge is 0.374 e. The maximum absolute atomic E-state index is 15.9. The van der Waals surface area contributed by atoms with Crippen LogP contribution in [-0.4, -0.2) is 88.9 Å². The molecule has 0 radical (unpaired) electrons. The van der Waals surface area contributed by atoms with E-state index >= 15 is 4.39 Å². The Kier molecular flexibility index (Phi) is 21.9. The van der Waals surface area contributed by atoms with Gasteiger partial charge >= 0.3 is 35.8 Å². The van der Waals surface area contributed by atoms with Crippen molar-refractivity contribution in [2.75, 3.05) is 47.3 Å². The first-order valence-corrected chi connectivity index (χ1v) is 20.5. The van der Waals surface area contributed by atoms with Crippen molar-refractivity contribution in [3.63, 3.8) is 0 Å². The van der Waals surface area contributed by atoms with E-state index in [-0.39, 0.29) is 30.8 Å². The molecule has 0 amide bonds. The molecule has 0 saturated heterocycles. The summed E-state index contributed by atoms with van der Waals surface area (Å²) in [6.07, 6.45) is 7.05. The van der Waals surface area contributed by atoms with Gasteiger partial charge in [0.2, 0.25) is 5.78 Å². The number of methoxy groups -OCH3 is 2. The number of carbonyl (C=O) groups is 7. The van der Waals surface area contributed by atoms with Crippen LogP contribution in [0.5, 0.6) is 5.75 Å². The number of benzene rings is 2. The first-order valence-electron chi connectivity index (χ1n) is 20.5. The Hall–Kier alpha value is -5.60. The minimum atomic E-state index is -1.67. The number of halogens is 1. The third-order valence-electron chi connectivity index (χ3n) is 9.92. The zero-order valence-corrected chi connectivity index (χ0v) is 36.7. The van der Waals surface area contributed by atoms with Crippen LogP contribution in [0.4, 0.5) is 4.39 Å². The molecule has 2 atom stereocenters. The fourth-order valence-corrected chi connectivity index (χ4v) is 6.00. The standard InChI is InChI=1S/C46H61FO14/c1-10-12-13-14-15-17-33-19-20-36(38(47)22-33)37-23-35(18-16-21-57-45(54)32(7)48)39(24-34(37)11-2)58-25-46(26-59-40(49)29(3)4,27-60-43(52)30(5)41(50)55-8)28-61-44(53)31(6)42(51)56-9/h19-20,22-24,30-31H,3,10-18,21,25-28H2,1-2,4-9H3. The van der Waals surface area contributed by atoms with Crippen LogP contribution in [0, 0.1) is 23.1 Å². The van der Waals surface area contributed by atoms with Gasteiger partial charge in [0.1, 0.15) is 43.4 Å². The van der Waals surface area contributed by atoms with Crippen LogP contribution in [0.15, 0.2) is 42.5 Å². The molecule has 0 fully saturated rings. The van der Waals surface area contributed by atoms with Gasteiger partial charge in [-0.1, -0.05) is 58.2 Å². The first kappa shape index (κ1) is 51.5. The van der Waals surface area contributed by atoms with Crippen LogP contribution >= 0.6 is 0 Å². The molecule has 0 aliphatic carbocycles. The van der Waals surface area contributed by atoms with Crippen molar-refractivity contribution in [1.29, 1.82) is 0 Å². The Morgan fingerprint density at radius 2 is 1.25 bits per heavy atom. The van der Waals surface area contributed by atoms with Crippen molar-refractivity contribution < 1.29 is 71.1 Å². The molecule has 0 aliphatic rings. The Labute approximate surface area is 357 Å². The number of rotatable bonds is 27. The Bertz CT molecular complexity index is 1830. The van der Waals surface area contributed by atoms with E-state index in [0.29, 0.717) is 28.7 Å². The molecule has 0 aromatic heterocycles. The summed E-state index contributed by atoms with van der Waals surface area (Å²) < 4.78 is 53.4. The number of hydrogen-bond acceptors (Lipinski definition) is 14. The molecule has 61 heavy (non-hydrogen) atoms. The van der Waals surface area contributed by atoms with Crippen molar-refractivity contribution in [2.45, 2.75) is 99.3 Å². The monoisotopic (exact) mass is 856 g/mol. The summed E-state index contributed by atoms with van der Waals surface area (Å²) in [6.45, 7) is 10.3. The van der Waals surface area contributed by atoms with Crippen LogP contribution in [0.1, 0.15) is 96.8 Å². The molecule has 0 aliphatic heterocycles. The van der Waals surface area contributed by atoms with Gasteiger partial charge in [0.15, 0.2) is 11.8 Å². The highest BCUT2D eigenvalue weighted by molar-refractivity contribution is 6.32. The number of ketones is 1. The first-order chi connectivity index (χ1) is 28.9. The van der Waals surface area contributed by atoms with Gasteiger partial charge in [-0.2, -0.15) is 0 Å². The molecule has 2 aromatic carbocycles. The number of ether oxygens (including phenoxy) is 7. The summed E-state index contributed by atoms with van der Waals surface area (Å²) in [6, 6.07) is 8.69. The van der Waals surface area contributed by atoms with E-state index in [1.54, 1.807) is 24.3 Å². The molecule has 15 heteroatoms. The van der Waals surface area contributed by atoms with E-state index in [4.69, 9.17) is 23.7 Å². The zero-order valence-electron chi connectivity index (χ0n) is 36.7. The van der Waals surface area contributed by atoms with Crippen molar-refractivity contribution in [1.82, 2.24) is 0 Å². The zero-order chi connectivity index (χ0) is 45.7. The topological polar surface area (TPSA) is 184 Å². The summed E-state index contributed by atoms with van der Waals surface area (Å²) in [7, 11) is 2.20. The maximum atomic E-state index is 15.9. The van der Waals surface area contributed by atoms with Crippen LogP contribution < -0.4 is 4.74 Å². The largest absolute Gasteiger partial charge is 0.492 e. The lowest BCUT2D eigenvalue weighted by Crippen LogP contribution is -2.45. The minimum absolute atomic E-state index is 0.0330. The predicted molar refractivity (Wildman–Crippen MR) is 222 cm³/mol. The normalized spacial score (nSPS) is 12.8. The second kappa shape index (κ2) is 25.9. The Balaban J connectivity index is 2.68. The Morgan fingerprint density at radius 1 is 0.656 bits per heavy atom. The summed E-state index contributed by atoms with van der Waals surface area (Å²) in [4.78, 5) is 86.5. The number of esters is 6. The third-order valence-corrected chi connectivity index (χ3v) is 9.92. The van der Waals surface area contributed by atoms with Gasteiger partial charge in [0, 0.05) is 18.1 Å². The predicted octanol–water partition coefficient (Wildman–Crippen LogP) is 6.82. The fraction of sp³-hybridized carbons (Fsp3) is 0.543. The second-order valence-corrected chi connectivity index (χ2v) is 15.1. The molecule has 336 valence electrons. The Morgan fingerprint density at radius 3 is 1.77 bits per heavy atom. The third kappa shape index (κ3) is 16.4. The molecule has 14 nitrogen and oxygen atoms in total. The fourth-order valence-electron chi connectivity index (χ4n) is 6.00. The van der Waals surface area contributed by atoms with Gasteiger partial charge in [-0.05, 0) is 93.3 Å². The van der Waals surface area contributed by atoms with Crippen LogP contribution in [0.3, 0.4) is 0 Å². The average molecular weight is 857 g/mol. The molecule has 0 spiro atoms. The molecule has 2 unspecified atom stereocenters. The highest BCUT2D eigenvalue weighted by Crippen LogP contribution is 2.36. The lowest BCUT2D eigenvalue weighted by atomic mass is 9.91. The van der Waals surface area contributed by atoms with E-state index < -0.39 is 91.1 Å². The number of aryl methyl sites for hydroxylation is 3. The van der Waals surface area contributed by atoms with Crippen molar-refractivity contribution in [2.24, 2.45) is 17.3 Å². The number of Topliss-reactive ketones (excluding diaryl/α,β-unsaturated/α-hetero) is 1. The van der Waals surface area contributed by atoms with Crippen LogP contribution in [-0.2, 0) is 81.2 Å². The number of hydrogen-bond donors (Lipinski definition) is 0. The highest BCUT2D eigenvalue weighted by atomic mass is 19.1. The molecular weight excluding hydrogens is 795 g/mol. The van der Waals surface area contributed by atoms with Crippen LogP contribution in [0.25, 0.3) is 11.1 Å². The lowest BCUT2D eigenvalue weighted by Gasteiger charge is -2.33. The van der Waals surface area contributed by atoms with Crippen LogP contribution in [0.2, 0.25) is 0 Å². The summed E-state index contributed by atoms with van der Waals surface area (Å²) in [5.74, 6) is -9.18. The van der Waals surface area contributed by atoms with Gasteiger partial charge < -0.3 is 33.2 Å². The average Bonchev–Trinajstić information content (AvgIpc) is 3.25. The molecular formula is C46H61FO14. The van der Waals surface area contributed by atoms with Gasteiger partial charge in [-0.25, -0.2) is 14.0 Å². The summed E-state index contributed by atoms with van der Waals surface area (Å²) in [5, 5.41) is 0. The van der Waals surface area contributed by atoms with E-state index in [1.165, 1.54) is 20.8 Å². The van der Waals surface area contributed by atoms with Crippen molar-refractivity contribution in [3.8, 4) is 16.9 Å². The highest BCUT2D eigenvalue weighted by Gasteiger charge is 2.40. The summed E-state index contributed by atoms with van der Waals surface area (Å²) in [5.41, 5.74) is 1.44. The van der Waals surface area contributed by atoms with E-state index in [0.717, 1.165) is 65.2 Å². The molecule has 0 bridgehead atoms. The second-order valence-electron chi connectivity index (χ2n) is 15.1. The van der Waals surface area contributed by atoms with Crippen molar-refractivity contribution in [3.05, 3.63) is 65.0 Å². The quantitative estimate of drug-likeness (QED) is 0.0228. The van der Waals surface area contributed by atoms with Gasteiger partial charge in [0.25, 0.3) is 0 Å².